The van der Waals surface area contributed by atoms with Gasteiger partial charge < -0.3 is 0 Å². The summed E-state index contributed by atoms with van der Waals surface area (Å²) in [5.41, 5.74) is 7.43. The Bertz CT molecular complexity index is 2680. The first-order chi connectivity index (χ1) is 25.6. The molecule has 8 rings (SSSR count). The van der Waals surface area contributed by atoms with E-state index < -0.39 is 0 Å². The van der Waals surface area contributed by atoms with E-state index in [9.17, 15) is 0 Å². The van der Waals surface area contributed by atoms with Gasteiger partial charge in [0.25, 0.3) is 0 Å². The van der Waals surface area contributed by atoms with Gasteiger partial charge in [0.2, 0.25) is 0 Å². The molecule has 7 aromatic rings. The summed E-state index contributed by atoms with van der Waals surface area (Å²) in [4.78, 5) is 29.6. The van der Waals surface area contributed by atoms with Crippen LogP contribution in [0.2, 0.25) is 0 Å². The highest BCUT2D eigenvalue weighted by molar-refractivity contribution is 6.47. The third kappa shape index (κ3) is 7.00. The number of hydrogen-bond donors (Lipinski definition) is 0. The first-order valence-corrected chi connectivity index (χ1v) is 17.4. The molecule has 1 aliphatic heterocycles. The van der Waals surface area contributed by atoms with Gasteiger partial charge in [-0.15, -0.1) is 0 Å². The number of hydrogen-bond acceptors (Lipinski definition) is 4. The largest absolute Gasteiger partial charge is 0.277 e. The highest BCUT2D eigenvalue weighted by Gasteiger charge is 2.12. The van der Waals surface area contributed by atoms with Crippen molar-refractivity contribution in [2.75, 3.05) is 6.54 Å². The lowest BCUT2D eigenvalue weighted by Crippen LogP contribution is -2.15. The van der Waals surface area contributed by atoms with E-state index in [1.54, 1.807) is 0 Å². The summed E-state index contributed by atoms with van der Waals surface area (Å²) < 4.78 is 0. The van der Waals surface area contributed by atoms with Crippen molar-refractivity contribution in [1.29, 1.82) is 0 Å². The van der Waals surface area contributed by atoms with E-state index in [0.29, 0.717) is 43.3 Å². The van der Waals surface area contributed by atoms with Crippen molar-refractivity contribution in [3.05, 3.63) is 174 Å². The summed E-state index contributed by atoms with van der Waals surface area (Å²) >= 11 is 0. The van der Waals surface area contributed by atoms with Crippen molar-refractivity contribution in [3.63, 3.8) is 0 Å². The zero-order chi connectivity index (χ0) is 35.3. The Balaban J connectivity index is 1.16. The van der Waals surface area contributed by atoms with Gasteiger partial charge in [-0.2, -0.15) is 0 Å². The molecule has 0 fully saturated rings. The van der Waals surface area contributed by atoms with Crippen molar-refractivity contribution >= 4 is 73.5 Å². The van der Waals surface area contributed by atoms with Crippen LogP contribution >= 0.6 is 0 Å². The lowest BCUT2D eigenvalue weighted by Gasteiger charge is -2.10. The molecule has 250 valence electrons. The molecule has 52 heavy (non-hydrogen) atoms. The van der Waals surface area contributed by atoms with Gasteiger partial charge in [0.1, 0.15) is 11.5 Å². The summed E-state index contributed by atoms with van der Waals surface area (Å²) in [5, 5.41) is 6.79. The van der Waals surface area contributed by atoms with E-state index in [2.05, 4.69) is 127 Å². The lowest BCUT2D eigenvalue weighted by atomic mass is 10.0. The number of rotatable bonds is 6. The van der Waals surface area contributed by atoms with Gasteiger partial charge in [0, 0.05) is 52.3 Å². The van der Waals surface area contributed by atoms with Gasteiger partial charge in [-0.05, 0) is 52.4 Å². The minimum atomic E-state index is 0.395. The maximum absolute atomic E-state index is 5.13. The van der Waals surface area contributed by atoms with Gasteiger partial charge in [-0.25, -0.2) is 9.98 Å². The number of nitrogens with zero attached hydrogens (tertiary/aromatic N) is 6. The standard InChI is InChI=1S/C46H36N6/c1-31-15-17-32-9-3-4-12-37(32)30-49-42(26-16-31)46(47-2)52-43(29-39-25-23-36-21-19-34-11-6-8-14-41(34)45(36)51-39)48-28-27-38-24-22-35-20-18-33-10-5-7-13-40(33)44(35)50-38/h3-26H,1-2,27-30H2/b17-15-,26-16?,48-43?,49-42?,52-46?. The van der Waals surface area contributed by atoms with Crippen molar-refractivity contribution in [2.45, 2.75) is 19.4 Å². The second kappa shape index (κ2) is 14.7. The molecule has 0 spiro atoms. The maximum atomic E-state index is 5.13. The molecule has 6 nitrogen and oxygen atoms in total. The fourth-order valence-electron chi connectivity index (χ4n) is 6.57. The first kappa shape index (κ1) is 32.5. The van der Waals surface area contributed by atoms with Gasteiger partial charge >= 0.3 is 0 Å². The molecule has 0 N–H and O–H groups in total. The summed E-state index contributed by atoms with van der Waals surface area (Å²) in [6.07, 6.45) is 8.95. The Hall–Kier alpha value is -6.66. The van der Waals surface area contributed by atoms with Crippen LogP contribution in [0.3, 0.4) is 0 Å². The van der Waals surface area contributed by atoms with Gasteiger partial charge in [0.15, 0.2) is 5.84 Å². The molecule has 0 amide bonds. The Morgan fingerprint density at radius 2 is 1.21 bits per heavy atom. The molecule has 5 aromatic carbocycles. The molecule has 1 aliphatic rings. The smallest absolute Gasteiger partial charge is 0.178 e. The molecule has 0 bridgehead atoms. The van der Waals surface area contributed by atoms with Crippen molar-refractivity contribution in [1.82, 2.24) is 9.97 Å². The Kier molecular flexibility index (Phi) is 9.18. The normalized spacial score (nSPS) is 14.5. The highest BCUT2D eigenvalue weighted by atomic mass is 15.0. The summed E-state index contributed by atoms with van der Waals surface area (Å²) in [6.45, 7) is 9.05. The monoisotopic (exact) mass is 672 g/mol. The molecule has 0 saturated heterocycles. The molecular formula is C46H36N6. The number of aromatic nitrogens is 2. The Morgan fingerprint density at radius 3 is 1.94 bits per heavy atom. The predicted molar refractivity (Wildman–Crippen MR) is 220 cm³/mol. The minimum absolute atomic E-state index is 0.395. The Morgan fingerprint density at radius 1 is 0.615 bits per heavy atom. The highest BCUT2D eigenvalue weighted by Crippen LogP contribution is 2.26. The van der Waals surface area contributed by atoms with Crippen LogP contribution in [-0.4, -0.2) is 40.6 Å². The summed E-state index contributed by atoms with van der Waals surface area (Å²) in [5.74, 6) is 0.986. The SMILES string of the molecule is C=NC(=NC(Cc1ccc2ccc3ccccc3c2n1)=NCCc1ccc2ccc3ccccc3c2n1)C1=NCc2ccccc2/C=C\C(=C)C=C1. The average Bonchev–Trinajstić information content (AvgIpc) is 3.19. The van der Waals surface area contributed by atoms with E-state index in [1.807, 2.05) is 36.4 Å². The van der Waals surface area contributed by atoms with Crippen LogP contribution in [0.25, 0.3) is 49.4 Å². The predicted octanol–water partition coefficient (Wildman–Crippen LogP) is 10.2. The van der Waals surface area contributed by atoms with Crippen molar-refractivity contribution in [2.24, 2.45) is 20.0 Å². The summed E-state index contributed by atoms with van der Waals surface area (Å²) in [7, 11) is 0. The molecule has 0 saturated carbocycles. The van der Waals surface area contributed by atoms with Gasteiger partial charge in [-0.3, -0.25) is 20.0 Å². The lowest BCUT2D eigenvalue weighted by molar-refractivity contribution is 0.924. The average molecular weight is 673 g/mol. The molecule has 0 unspecified atom stereocenters. The Labute approximate surface area is 302 Å². The second-order valence-electron chi connectivity index (χ2n) is 12.8. The fraction of sp³-hybridized carbons (Fsp3) is 0.0870. The van der Waals surface area contributed by atoms with Crippen LogP contribution in [0.1, 0.15) is 22.5 Å². The number of fused-ring (bicyclic) bond motifs is 7. The second-order valence-corrected chi connectivity index (χ2v) is 12.8. The minimum Gasteiger partial charge on any atom is -0.277 e. The molecule has 6 heteroatoms. The van der Waals surface area contributed by atoms with E-state index >= 15 is 0 Å². The topological polar surface area (TPSA) is 75.2 Å². The molecule has 3 heterocycles. The third-order valence-corrected chi connectivity index (χ3v) is 9.31. The zero-order valence-corrected chi connectivity index (χ0v) is 28.8. The number of amidine groups is 2. The van der Waals surface area contributed by atoms with Gasteiger partial charge in [0.05, 0.1) is 17.6 Å². The van der Waals surface area contributed by atoms with Crippen LogP contribution in [0, 0.1) is 0 Å². The molecular weight excluding hydrogens is 637 g/mol. The number of pyridine rings is 2. The molecule has 0 aliphatic carbocycles. The fourth-order valence-corrected chi connectivity index (χ4v) is 6.57. The van der Waals surface area contributed by atoms with E-state index in [4.69, 9.17) is 24.9 Å². The van der Waals surface area contributed by atoms with Gasteiger partial charge in [-0.1, -0.05) is 134 Å². The number of aliphatic imine (C=N–C) groups is 4. The van der Waals surface area contributed by atoms with Crippen LogP contribution in [0.5, 0.6) is 0 Å². The first-order valence-electron chi connectivity index (χ1n) is 17.4. The maximum Gasteiger partial charge on any atom is 0.178 e. The molecule has 0 atom stereocenters. The zero-order valence-electron chi connectivity index (χ0n) is 28.8. The van der Waals surface area contributed by atoms with E-state index in [0.717, 1.165) is 66.1 Å². The number of benzene rings is 5. The van der Waals surface area contributed by atoms with E-state index in [1.165, 1.54) is 5.39 Å². The van der Waals surface area contributed by atoms with Crippen LogP contribution in [0.15, 0.2) is 172 Å². The van der Waals surface area contributed by atoms with E-state index in [-0.39, 0.29) is 0 Å². The van der Waals surface area contributed by atoms with Crippen LogP contribution in [-0.2, 0) is 19.4 Å². The molecule has 2 aromatic heterocycles. The molecule has 0 radical (unpaired) electrons. The third-order valence-electron chi connectivity index (χ3n) is 9.31. The van der Waals surface area contributed by atoms with Crippen molar-refractivity contribution < 1.29 is 0 Å². The van der Waals surface area contributed by atoms with Crippen molar-refractivity contribution in [3.8, 4) is 0 Å². The van der Waals surface area contributed by atoms with Crippen LogP contribution < -0.4 is 0 Å². The van der Waals surface area contributed by atoms with Crippen LogP contribution in [0.4, 0.5) is 0 Å². The number of allylic oxidation sites excluding steroid dienone is 3. The summed E-state index contributed by atoms with van der Waals surface area (Å²) in [6, 6.07) is 41.8. The quantitative estimate of drug-likeness (QED) is 0.100.